The minimum Gasteiger partial charge on any atom is -0.492 e. The van der Waals surface area contributed by atoms with Gasteiger partial charge in [0.2, 0.25) is 0 Å². The van der Waals surface area contributed by atoms with Crippen LogP contribution < -0.4 is 10.1 Å². The molecule has 2 rings (SSSR count). The summed E-state index contributed by atoms with van der Waals surface area (Å²) >= 11 is 1.96. The molecule has 0 saturated heterocycles. The van der Waals surface area contributed by atoms with Crippen LogP contribution >= 0.6 is 22.6 Å². The van der Waals surface area contributed by atoms with Gasteiger partial charge in [0.05, 0.1) is 8.49 Å². The molecule has 6 heteroatoms. The van der Waals surface area contributed by atoms with Crippen molar-refractivity contribution in [1.29, 1.82) is 0 Å². The number of rotatable bonds is 6. The van der Waals surface area contributed by atoms with E-state index in [1.807, 2.05) is 52.9 Å². The van der Waals surface area contributed by atoms with Gasteiger partial charge in [-0.15, -0.1) is 0 Å². The third-order valence-corrected chi connectivity index (χ3v) is 3.45. The van der Waals surface area contributed by atoms with E-state index in [1.54, 1.807) is 12.1 Å². The highest BCUT2D eigenvalue weighted by Crippen LogP contribution is 2.23. The van der Waals surface area contributed by atoms with E-state index < -0.39 is 0 Å². The number of anilines is 1. The van der Waals surface area contributed by atoms with Crippen LogP contribution in [-0.4, -0.2) is 18.1 Å². The van der Waals surface area contributed by atoms with Gasteiger partial charge in [0.1, 0.15) is 12.4 Å². The van der Waals surface area contributed by atoms with Gasteiger partial charge in [-0.05, 0) is 46.9 Å². The lowest BCUT2D eigenvalue weighted by atomic mass is 10.3. The standard InChI is InChI=1S/C14H13IN2O3/c15-13-10-11(6-7-14(13)17(18)19)16-8-9-20-12-4-2-1-3-5-12/h1-7,10,16H,8-9H2. The molecule has 0 amide bonds. The van der Waals surface area contributed by atoms with Gasteiger partial charge in [0.15, 0.2) is 0 Å². The minimum atomic E-state index is -0.385. The lowest BCUT2D eigenvalue weighted by Gasteiger charge is -2.08. The van der Waals surface area contributed by atoms with E-state index in [2.05, 4.69) is 5.32 Å². The zero-order valence-corrected chi connectivity index (χ0v) is 12.7. The Labute approximate surface area is 130 Å². The van der Waals surface area contributed by atoms with Crippen LogP contribution in [0.5, 0.6) is 5.75 Å². The lowest BCUT2D eigenvalue weighted by Crippen LogP contribution is -2.11. The molecule has 2 aromatic carbocycles. The fourth-order valence-electron chi connectivity index (χ4n) is 1.65. The predicted octanol–water partition coefficient (Wildman–Crippen LogP) is 3.69. The van der Waals surface area contributed by atoms with E-state index >= 15 is 0 Å². The van der Waals surface area contributed by atoms with Crippen LogP contribution in [0.1, 0.15) is 0 Å². The molecule has 0 fully saturated rings. The van der Waals surface area contributed by atoms with E-state index in [4.69, 9.17) is 4.74 Å². The minimum absolute atomic E-state index is 0.122. The molecule has 0 unspecified atom stereocenters. The number of hydrogen-bond donors (Lipinski definition) is 1. The molecule has 0 bridgehead atoms. The van der Waals surface area contributed by atoms with Crippen LogP contribution in [0.3, 0.4) is 0 Å². The van der Waals surface area contributed by atoms with Crippen molar-refractivity contribution in [3.05, 3.63) is 62.2 Å². The van der Waals surface area contributed by atoms with E-state index in [-0.39, 0.29) is 10.6 Å². The highest BCUT2D eigenvalue weighted by molar-refractivity contribution is 14.1. The smallest absolute Gasteiger partial charge is 0.282 e. The first kappa shape index (κ1) is 14.6. The molecule has 2 aromatic rings. The molecule has 0 aromatic heterocycles. The highest BCUT2D eigenvalue weighted by Gasteiger charge is 2.11. The Kier molecular flexibility index (Phi) is 5.16. The monoisotopic (exact) mass is 384 g/mol. The lowest BCUT2D eigenvalue weighted by molar-refractivity contribution is -0.385. The number of nitro groups is 1. The van der Waals surface area contributed by atoms with E-state index in [0.717, 1.165) is 11.4 Å². The quantitative estimate of drug-likeness (QED) is 0.357. The SMILES string of the molecule is O=[N+]([O-])c1ccc(NCCOc2ccccc2)cc1I. The maximum atomic E-state index is 10.7. The topological polar surface area (TPSA) is 64.4 Å². The number of nitro benzene ring substituents is 1. The van der Waals surface area contributed by atoms with Crippen molar-refractivity contribution in [2.75, 3.05) is 18.5 Å². The van der Waals surface area contributed by atoms with Crippen LogP contribution in [0.25, 0.3) is 0 Å². The van der Waals surface area contributed by atoms with Gasteiger partial charge in [-0.25, -0.2) is 0 Å². The molecule has 20 heavy (non-hydrogen) atoms. The third-order valence-electron chi connectivity index (χ3n) is 2.59. The molecule has 0 spiro atoms. The zero-order valence-electron chi connectivity index (χ0n) is 10.6. The van der Waals surface area contributed by atoms with Gasteiger partial charge < -0.3 is 10.1 Å². The predicted molar refractivity (Wildman–Crippen MR) is 86.2 cm³/mol. The second-order valence-electron chi connectivity index (χ2n) is 4.01. The number of nitrogens with zero attached hydrogens (tertiary/aromatic N) is 1. The number of para-hydroxylation sites is 1. The molecular weight excluding hydrogens is 371 g/mol. The van der Waals surface area contributed by atoms with Crippen LogP contribution in [0.15, 0.2) is 48.5 Å². The van der Waals surface area contributed by atoms with Crippen LogP contribution in [0.2, 0.25) is 0 Å². The maximum absolute atomic E-state index is 10.7. The first-order chi connectivity index (χ1) is 9.66. The van der Waals surface area contributed by atoms with Gasteiger partial charge in [-0.1, -0.05) is 18.2 Å². The Hall–Kier alpha value is -1.83. The molecule has 0 aliphatic rings. The summed E-state index contributed by atoms with van der Waals surface area (Å²) in [6.07, 6.45) is 0. The molecular formula is C14H13IN2O3. The Balaban J connectivity index is 1.83. The molecule has 0 aliphatic heterocycles. The Bertz CT molecular complexity index is 590. The first-order valence-corrected chi connectivity index (χ1v) is 7.10. The van der Waals surface area contributed by atoms with E-state index in [0.29, 0.717) is 16.7 Å². The fraction of sp³-hybridized carbons (Fsp3) is 0.143. The molecule has 0 saturated carbocycles. The summed E-state index contributed by atoms with van der Waals surface area (Å²) in [7, 11) is 0. The van der Waals surface area contributed by atoms with Crippen molar-refractivity contribution < 1.29 is 9.66 Å². The molecule has 0 aliphatic carbocycles. The summed E-state index contributed by atoms with van der Waals surface area (Å²) in [4.78, 5) is 10.3. The Morgan fingerprint density at radius 1 is 1.20 bits per heavy atom. The van der Waals surface area contributed by atoms with Crippen LogP contribution in [-0.2, 0) is 0 Å². The van der Waals surface area contributed by atoms with Crippen LogP contribution in [0, 0.1) is 13.7 Å². The van der Waals surface area contributed by atoms with E-state index in [9.17, 15) is 10.1 Å². The number of ether oxygens (including phenoxy) is 1. The molecule has 5 nitrogen and oxygen atoms in total. The highest BCUT2D eigenvalue weighted by atomic mass is 127. The number of nitrogens with one attached hydrogen (secondary N) is 1. The summed E-state index contributed by atoms with van der Waals surface area (Å²) in [5.41, 5.74) is 0.966. The van der Waals surface area contributed by atoms with Crippen molar-refractivity contribution in [1.82, 2.24) is 0 Å². The van der Waals surface area contributed by atoms with Crippen molar-refractivity contribution in [3.8, 4) is 5.75 Å². The Morgan fingerprint density at radius 3 is 2.60 bits per heavy atom. The van der Waals surface area contributed by atoms with Crippen molar-refractivity contribution in [2.24, 2.45) is 0 Å². The summed E-state index contributed by atoms with van der Waals surface area (Å²) in [6.45, 7) is 1.15. The second-order valence-corrected chi connectivity index (χ2v) is 5.17. The first-order valence-electron chi connectivity index (χ1n) is 6.02. The van der Waals surface area contributed by atoms with Gasteiger partial charge >= 0.3 is 0 Å². The van der Waals surface area contributed by atoms with Gasteiger partial charge in [0.25, 0.3) is 5.69 Å². The Morgan fingerprint density at radius 2 is 1.95 bits per heavy atom. The fourth-order valence-corrected chi connectivity index (χ4v) is 2.36. The second kappa shape index (κ2) is 7.09. The average Bonchev–Trinajstić information content (AvgIpc) is 2.44. The van der Waals surface area contributed by atoms with Crippen molar-refractivity contribution in [3.63, 3.8) is 0 Å². The molecule has 0 heterocycles. The number of halogens is 1. The largest absolute Gasteiger partial charge is 0.492 e. The summed E-state index contributed by atoms with van der Waals surface area (Å²) in [5.74, 6) is 0.826. The molecule has 0 radical (unpaired) electrons. The summed E-state index contributed by atoms with van der Waals surface area (Å²) in [6, 6.07) is 14.5. The third kappa shape index (κ3) is 4.09. The van der Waals surface area contributed by atoms with Gasteiger partial charge in [-0.2, -0.15) is 0 Å². The molecule has 104 valence electrons. The van der Waals surface area contributed by atoms with Gasteiger partial charge in [0, 0.05) is 18.3 Å². The summed E-state index contributed by atoms with van der Waals surface area (Å²) in [5, 5.41) is 13.9. The van der Waals surface area contributed by atoms with Crippen molar-refractivity contribution >= 4 is 34.0 Å². The number of hydrogen-bond acceptors (Lipinski definition) is 4. The van der Waals surface area contributed by atoms with E-state index in [1.165, 1.54) is 6.07 Å². The maximum Gasteiger partial charge on any atom is 0.282 e. The summed E-state index contributed by atoms with van der Waals surface area (Å²) < 4.78 is 6.16. The zero-order chi connectivity index (χ0) is 14.4. The number of benzene rings is 2. The average molecular weight is 384 g/mol. The van der Waals surface area contributed by atoms with Crippen LogP contribution in [0.4, 0.5) is 11.4 Å². The molecule has 1 N–H and O–H groups in total. The normalized spacial score (nSPS) is 10.1. The molecule has 0 atom stereocenters. The van der Waals surface area contributed by atoms with Crippen molar-refractivity contribution in [2.45, 2.75) is 0 Å². The van der Waals surface area contributed by atoms with Gasteiger partial charge in [-0.3, -0.25) is 10.1 Å².